The number of aliphatic imine (C=N–C) groups is 1. The number of amides is 1. The number of aromatic hydroxyl groups is 1. The number of nitrogens with zero attached hydrogens (tertiary/aromatic N) is 1. The lowest BCUT2D eigenvalue weighted by atomic mass is 10.00. The molecule has 1 aliphatic rings. The van der Waals surface area contributed by atoms with E-state index in [0.717, 1.165) is 0 Å². The molecule has 0 fully saturated rings. The Bertz CT molecular complexity index is 1150. The first kappa shape index (κ1) is 18.4. The lowest BCUT2D eigenvalue weighted by Gasteiger charge is -2.06. The van der Waals surface area contributed by atoms with Crippen LogP contribution in [0.25, 0.3) is 11.3 Å². The Morgan fingerprint density at radius 1 is 0.929 bits per heavy atom. The number of carbonyl (C=O) groups is 1. The SMILES string of the molecule is COc1ccc(C2=NC(=O)c3c(-c4ccc(OC)cc4Cl)[nH]c(O)c32)c(Cl)c1. The van der Waals surface area contributed by atoms with Gasteiger partial charge in [-0.1, -0.05) is 23.2 Å². The first-order valence-corrected chi connectivity index (χ1v) is 8.96. The van der Waals surface area contributed by atoms with Gasteiger partial charge in [-0.05, 0) is 36.4 Å². The molecule has 3 aromatic rings. The van der Waals surface area contributed by atoms with E-state index in [4.69, 9.17) is 32.7 Å². The van der Waals surface area contributed by atoms with Crippen LogP contribution < -0.4 is 9.47 Å². The minimum absolute atomic E-state index is 0.187. The van der Waals surface area contributed by atoms with Crippen molar-refractivity contribution < 1.29 is 19.4 Å². The summed E-state index contributed by atoms with van der Waals surface area (Å²) in [4.78, 5) is 19.6. The summed E-state index contributed by atoms with van der Waals surface area (Å²) in [7, 11) is 3.06. The zero-order valence-electron chi connectivity index (χ0n) is 14.8. The normalized spacial score (nSPS) is 12.7. The molecule has 0 saturated heterocycles. The molecule has 2 heterocycles. The largest absolute Gasteiger partial charge is 0.497 e. The van der Waals surface area contributed by atoms with Gasteiger partial charge in [0.1, 0.15) is 11.5 Å². The van der Waals surface area contributed by atoms with E-state index in [-0.39, 0.29) is 17.2 Å². The van der Waals surface area contributed by atoms with Gasteiger partial charge in [-0.25, -0.2) is 4.99 Å². The van der Waals surface area contributed by atoms with Crippen molar-refractivity contribution in [2.75, 3.05) is 14.2 Å². The molecule has 8 heteroatoms. The molecule has 0 unspecified atom stereocenters. The van der Waals surface area contributed by atoms with Crippen molar-refractivity contribution in [2.45, 2.75) is 0 Å². The summed E-state index contributed by atoms with van der Waals surface area (Å²) in [6.07, 6.45) is 0. The Labute approximate surface area is 170 Å². The third-order valence-corrected chi connectivity index (χ3v) is 5.15. The molecule has 6 nitrogen and oxygen atoms in total. The molecular weight excluding hydrogens is 403 g/mol. The number of methoxy groups -OCH3 is 2. The minimum Gasteiger partial charge on any atom is -0.497 e. The average Bonchev–Trinajstić information content (AvgIpc) is 3.20. The number of fused-ring (bicyclic) bond motifs is 1. The Balaban J connectivity index is 1.86. The summed E-state index contributed by atoms with van der Waals surface area (Å²) in [5.74, 6) is 0.473. The second-order valence-electron chi connectivity index (χ2n) is 6.06. The predicted molar refractivity (Wildman–Crippen MR) is 107 cm³/mol. The molecule has 0 saturated carbocycles. The number of aromatic amines is 1. The molecule has 4 rings (SSSR count). The summed E-state index contributed by atoms with van der Waals surface area (Å²) >= 11 is 12.7. The lowest BCUT2D eigenvalue weighted by molar-refractivity contribution is 0.101. The van der Waals surface area contributed by atoms with Gasteiger partial charge in [0.25, 0.3) is 5.91 Å². The second-order valence-corrected chi connectivity index (χ2v) is 6.87. The number of aromatic nitrogens is 1. The maximum absolute atomic E-state index is 12.7. The van der Waals surface area contributed by atoms with Crippen LogP contribution in [0.1, 0.15) is 21.5 Å². The highest BCUT2D eigenvalue weighted by Crippen LogP contribution is 2.41. The van der Waals surface area contributed by atoms with Gasteiger partial charge in [-0.3, -0.25) is 4.79 Å². The Morgan fingerprint density at radius 2 is 1.50 bits per heavy atom. The number of H-pyrrole nitrogens is 1. The molecule has 0 atom stereocenters. The van der Waals surface area contributed by atoms with E-state index in [9.17, 15) is 9.90 Å². The smallest absolute Gasteiger partial charge is 0.280 e. The Hall–Kier alpha value is -2.96. The van der Waals surface area contributed by atoms with Crippen molar-refractivity contribution in [3.8, 4) is 28.6 Å². The number of hydrogen-bond donors (Lipinski definition) is 2. The van der Waals surface area contributed by atoms with Crippen molar-refractivity contribution >= 4 is 34.8 Å². The van der Waals surface area contributed by atoms with Crippen LogP contribution in [0.2, 0.25) is 10.0 Å². The fourth-order valence-electron chi connectivity index (χ4n) is 3.18. The van der Waals surface area contributed by atoms with Gasteiger partial charge in [-0.2, -0.15) is 0 Å². The second kappa shape index (κ2) is 6.89. The van der Waals surface area contributed by atoms with Crippen LogP contribution in [-0.2, 0) is 0 Å². The molecule has 2 N–H and O–H groups in total. The van der Waals surface area contributed by atoms with E-state index in [1.807, 2.05) is 0 Å². The number of carbonyl (C=O) groups excluding carboxylic acids is 1. The number of nitrogens with one attached hydrogen (secondary N) is 1. The monoisotopic (exact) mass is 416 g/mol. The molecule has 28 heavy (non-hydrogen) atoms. The maximum Gasteiger partial charge on any atom is 0.280 e. The summed E-state index contributed by atoms with van der Waals surface area (Å²) in [5.41, 5.74) is 2.26. The van der Waals surface area contributed by atoms with E-state index in [2.05, 4.69) is 9.98 Å². The van der Waals surface area contributed by atoms with Crippen LogP contribution >= 0.6 is 23.2 Å². The highest BCUT2D eigenvalue weighted by Gasteiger charge is 2.34. The van der Waals surface area contributed by atoms with Crippen LogP contribution in [-0.4, -0.2) is 35.9 Å². The summed E-state index contributed by atoms with van der Waals surface area (Å²) in [6.45, 7) is 0. The van der Waals surface area contributed by atoms with Gasteiger partial charge < -0.3 is 19.6 Å². The van der Waals surface area contributed by atoms with Gasteiger partial charge in [0.15, 0.2) is 5.88 Å². The van der Waals surface area contributed by atoms with E-state index in [1.165, 1.54) is 14.2 Å². The van der Waals surface area contributed by atoms with Gasteiger partial charge in [0.2, 0.25) is 0 Å². The lowest BCUT2D eigenvalue weighted by Crippen LogP contribution is -2.01. The van der Waals surface area contributed by atoms with Crippen LogP contribution in [0.4, 0.5) is 0 Å². The highest BCUT2D eigenvalue weighted by molar-refractivity contribution is 6.39. The molecule has 0 aliphatic carbocycles. The number of ether oxygens (including phenoxy) is 2. The summed E-state index contributed by atoms with van der Waals surface area (Å²) in [6, 6.07) is 10.1. The molecule has 0 radical (unpaired) electrons. The number of benzene rings is 2. The molecule has 142 valence electrons. The van der Waals surface area contributed by atoms with Gasteiger partial charge in [0, 0.05) is 11.1 Å². The molecule has 1 aliphatic heterocycles. The van der Waals surface area contributed by atoms with Gasteiger partial charge in [0.05, 0.1) is 46.8 Å². The highest BCUT2D eigenvalue weighted by atomic mass is 35.5. The number of rotatable bonds is 4. The van der Waals surface area contributed by atoms with Crippen molar-refractivity contribution in [3.63, 3.8) is 0 Å². The van der Waals surface area contributed by atoms with Crippen molar-refractivity contribution in [2.24, 2.45) is 4.99 Å². The van der Waals surface area contributed by atoms with Gasteiger partial charge in [-0.15, -0.1) is 0 Å². The van der Waals surface area contributed by atoms with E-state index < -0.39 is 5.91 Å². The Morgan fingerprint density at radius 3 is 2.04 bits per heavy atom. The quantitative estimate of drug-likeness (QED) is 0.645. The van der Waals surface area contributed by atoms with Crippen LogP contribution in [0.5, 0.6) is 17.4 Å². The first-order chi connectivity index (χ1) is 13.4. The molecule has 0 spiro atoms. The van der Waals surface area contributed by atoms with E-state index in [1.54, 1.807) is 36.4 Å². The molecule has 1 aromatic heterocycles. The maximum atomic E-state index is 12.7. The zero-order valence-corrected chi connectivity index (χ0v) is 16.4. The standard InChI is InChI=1S/C20H14Cl2N2O4/c1-27-9-3-5-11(13(21)7-9)17-15-16(20(26)23-17)18(24-19(15)25)12-6-4-10(28-2)8-14(12)22/h3-8,23,26H,1-2H3. The van der Waals surface area contributed by atoms with Crippen molar-refractivity contribution in [1.82, 2.24) is 4.98 Å². The van der Waals surface area contributed by atoms with Crippen molar-refractivity contribution in [1.29, 1.82) is 0 Å². The topological polar surface area (TPSA) is 83.9 Å². The zero-order chi connectivity index (χ0) is 20.0. The molecule has 2 aromatic carbocycles. The minimum atomic E-state index is -0.490. The Kier molecular flexibility index (Phi) is 4.53. The average molecular weight is 417 g/mol. The number of hydrogen-bond acceptors (Lipinski definition) is 4. The summed E-state index contributed by atoms with van der Waals surface area (Å²) in [5, 5.41) is 11.2. The van der Waals surface area contributed by atoms with Crippen LogP contribution in [0, 0.1) is 0 Å². The van der Waals surface area contributed by atoms with Gasteiger partial charge >= 0.3 is 0 Å². The van der Waals surface area contributed by atoms with E-state index >= 15 is 0 Å². The summed E-state index contributed by atoms with van der Waals surface area (Å²) < 4.78 is 10.3. The molecule has 1 amide bonds. The first-order valence-electron chi connectivity index (χ1n) is 8.20. The molecule has 0 bridgehead atoms. The van der Waals surface area contributed by atoms with Crippen molar-refractivity contribution in [3.05, 3.63) is 63.1 Å². The van der Waals surface area contributed by atoms with Crippen LogP contribution in [0.15, 0.2) is 41.4 Å². The fraction of sp³-hybridized carbons (Fsp3) is 0.100. The van der Waals surface area contributed by atoms with E-state index in [0.29, 0.717) is 43.9 Å². The third kappa shape index (κ3) is 2.82. The molecular formula is C20H14Cl2N2O4. The van der Waals surface area contributed by atoms with Crippen LogP contribution in [0.3, 0.4) is 0 Å². The predicted octanol–water partition coefficient (Wildman–Crippen LogP) is 4.70. The number of halogens is 2. The third-order valence-electron chi connectivity index (χ3n) is 4.52. The fourth-order valence-corrected chi connectivity index (χ4v) is 3.71.